The summed E-state index contributed by atoms with van der Waals surface area (Å²) in [4.78, 5) is 0. The molecule has 0 saturated carbocycles. The molecule has 82 valence electrons. The third kappa shape index (κ3) is 1.76. The van der Waals surface area contributed by atoms with E-state index in [2.05, 4.69) is 0 Å². The highest BCUT2D eigenvalue weighted by molar-refractivity contribution is 7.62. The van der Waals surface area contributed by atoms with Gasteiger partial charge in [0, 0.05) is 0 Å². The molecule has 0 fully saturated rings. The fourth-order valence-electron chi connectivity index (χ4n) is 1.85. The average molecular weight is 226 g/mol. The van der Waals surface area contributed by atoms with Crippen molar-refractivity contribution in [1.82, 2.24) is 0 Å². The van der Waals surface area contributed by atoms with Gasteiger partial charge in [0.25, 0.3) is 0 Å². The van der Waals surface area contributed by atoms with Gasteiger partial charge in [0.15, 0.2) is 0 Å². The molecule has 0 N–H and O–H groups in total. The molecular formula is C11H15O3P. The lowest BCUT2D eigenvalue weighted by Crippen LogP contribution is -2.05. The maximum Gasteiger partial charge on any atom is 0.362 e. The van der Waals surface area contributed by atoms with Gasteiger partial charge in [-0.15, -0.1) is 0 Å². The van der Waals surface area contributed by atoms with E-state index in [9.17, 15) is 4.57 Å². The minimum atomic E-state index is -3.03. The van der Waals surface area contributed by atoms with Crippen LogP contribution in [-0.4, -0.2) is 6.61 Å². The predicted octanol–water partition coefficient (Wildman–Crippen LogP) is 3.02. The fourth-order valence-corrected chi connectivity index (χ4v) is 3.91. The maximum atomic E-state index is 12.4. The summed E-state index contributed by atoms with van der Waals surface area (Å²) in [5.74, 6) is 0. The quantitative estimate of drug-likeness (QED) is 0.743. The Hall–Kier alpha value is -0.630. The van der Waals surface area contributed by atoms with Crippen LogP contribution in [0.25, 0.3) is 0 Å². The van der Waals surface area contributed by atoms with Gasteiger partial charge in [-0.2, -0.15) is 0 Å². The van der Waals surface area contributed by atoms with Gasteiger partial charge in [-0.3, -0.25) is 9.09 Å². The van der Waals surface area contributed by atoms with E-state index in [1.54, 1.807) is 0 Å². The first-order valence-corrected chi connectivity index (χ1v) is 6.78. The van der Waals surface area contributed by atoms with Crippen LogP contribution in [0, 0.1) is 0 Å². The summed E-state index contributed by atoms with van der Waals surface area (Å²) in [6.45, 7) is 4.25. The number of benzene rings is 1. The zero-order valence-corrected chi connectivity index (χ0v) is 9.87. The minimum absolute atomic E-state index is 0.0846. The van der Waals surface area contributed by atoms with Crippen LogP contribution in [0.1, 0.15) is 31.9 Å². The number of hydrogen-bond donors (Lipinski definition) is 0. The molecule has 3 nitrogen and oxygen atoms in total. The van der Waals surface area contributed by atoms with Crippen LogP contribution in [0.15, 0.2) is 24.3 Å². The Labute approximate surface area is 89.9 Å². The molecule has 1 aromatic carbocycles. The summed E-state index contributed by atoms with van der Waals surface area (Å²) >= 11 is 0. The molecule has 0 aromatic heterocycles. The van der Waals surface area contributed by atoms with Gasteiger partial charge >= 0.3 is 7.60 Å². The lowest BCUT2D eigenvalue weighted by Gasteiger charge is -2.12. The summed E-state index contributed by atoms with van der Waals surface area (Å²) in [5, 5.41) is 0.735. The SMILES string of the molecule is CCOP1(=O)OC(CC)c2ccccc21. The summed E-state index contributed by atoms with van der Waals surface area (Å²) in [6.07, 6.45) is 0.729. The monoisotopic (exact) mass is 226 g/mol. The molecule has 0 amide bonds. The van der Waals surface area contributed by atoms with Gasteiger partial charge in [0.05, 0.1) is 18.0 Å². The van der Waals surface area contributed by atoms with Crippen molar-refractivity contribution in [3.05, 3.63) is 29.8 Å². The number of fused-ring (bicyclic) bond motifs is 1. The molecule has 2 atom stereocenters. The van der Waals surface area contributed by atoms with E-state index in [0.29, 0.717) is 6.61 Å². The van der Waals surface area contributed by atoms with E-state index in [1.165, 1.54) is 0 Å². The van der Waals surface area contributed by atoms with Crippen LogP contribution < -0.4 is 5.30 Å². The standard InChI is InChI=1S/C11H15O3P/c1-3-10-9-7-5-6-8-11(9)15(12,14-10)13-4-2/h5-8,10H,3-4H2,1-2H3. The molecule has 0 radical (unpaired) electrons. The van der Waals surface area contributed by atoms with Crippen LogP contribution >= 0.6 is 7.60 Å². The van der Waals surface area contributed by atoms with Crippen molar-refractivity contribution in [3.8, 4) is 0 Å². The highest BCUT2D eigenvalue weighted by Gasteiger charge is 2.40. The van der Waals surface area contributed by atoms with Gasteiger partial charge in [-0.05, 0) is 25.0 Å². The predicted molar refractivity (Wildman–Crippen MR) is 59.4 cm³/mol. The molecule has 2 unspecified atom stereocenters. The molecule has 0 aliphatic carbocycles. The van der Waals surface area contributed by atoms with Crippen LogP contribution in [0.4, 0.5) is 0 Å². The van der Waals surface area contributed by atoms with Gasteiger partial charge < -0.3 is 4.52 Å². The van der Waals surface area contributed by atoms with Crippen LogP contribution in [0.3, 0.4) is 0 Å². The maximum absolute atomic E-state index is 12.4. The third-order valence-electron chi connectivity index (χ3n) is 2.51. The van der Waals surface area contributed by atoms with E-state index in [1.807, 2.05) is 38.1 Å². The summed E-state index contributed by atoms with van der Waals surface area (Å²) < 4.78 is 23.2. The molecule has 15 heavy (non-hydrogen) atoms. The van der Waals surface area contributed by atoms with Gasteiger partial charge in [-0.1, -0.05) is 25.1 Å². The first-order valence-electron chi connectivity index (χ1n) is 5.23. The average Bonchev–Trinajstić information content (AvgIpc) is 2.54. The normalized spacial score (nSPS) is 29.1. The second kappa shape index (κ2) is 4.09. The third-order valence-corrected chi connectivity index (χ3v) is 4.64. The largest absolute Gasteiger partial charge is 0.362 e. The number of hydrogen-bond acceptors (Lipinski definition) is 3. The summed E-state index contributed by atoms with van der Waals surface area (Å²) in [7, 11) is -3.03. The fraction of sp³-hybridized carbons (Fsp3) is 0.455. The van der Waals surface area contributed by atoms with Crippen LogP contribution in [0.5, 0.6) is 0 Å². The van der Waals surface area contributed by atoms with E-state index < -0.39 is 7.60 Å². The first-order chi connectivity index (χ1) is 7.21. The zero-order valence-electron chi connectivity index (χ0n) is 8.97. The van der Waals surface area contributed by atoms with E-state index in [-0.39, 0.29) is 6.10 Å². The lowest BCUT2D eigenvalue weighted by atomic mass is 10.1. The highest BCUT2D eigenvalue weighted by atomic mass is 31.2. The summed E-state index contributed by atoms with van der Waals surface area (Å²) in [6, 6.07) is 7.60. The molecule has 0 saturated heterocycles. The Bertz CT molecular complexity index is 403. The molecule has 4 heteroatoms. The summed E-state index contributed by atoms with van der Waals surface area (Å²) in [5.41, 5.74) is 1.01. The Morgan fingerprint density at radius 3 is 2.80 bits per heavy atom. The van der Waals surface area contributed by atoms with Gasteiger partial charge in [0.2, 0.25) is 0 Å². The van der Waals surface area contributed by atoms with Crippen LogP contribution in [0.2, 0.25) is 0 Å². The van der Waals surface area contributed by atoms with Crippen molar-refractivity contribution < 1.29 is 13.6 Å². The highest BCUT2D eigenvalue weighted by Crippen LogP contribution is 2.57. The molecular weight excluding hydrogens is 211 g/mol. The molecule has 1 heterocycles. The van der Waals surface area contributed by atoms with Crippen molar-refractivity contribution in [1.29, 1.82) is 0 Å². The van der Waals surface area contributed by atoms with Gasteiger partial charge in [0.1, 0.15) is 0 Å². The lowest BCUT2D eigenvalue weighted by molar-refractivity contribution is 0.168. The van der Waals surface area contributed by atoms with E-state index in [0.717, 1.165) is 17.3 Å². The molecule has 1 aliphatic heterocycles. The van der Waals surface area contributed by atoms with Crippen molar-refractivity contribution >= 4 is 12.9 Å². The second-order valence-electron chi connectivity index (χ2n) is 3.48. The number of rotatable bonds is 3. The Morgan fingerprint density at radius 1 is 1.40 bits per heavy atom. The topological polar surface area (TPSA) is 35.5 Å². The smallest absolute Gasteiger partial charge is 0.305 e. The van der Waals surface area contributed by atoms with Crippen molar-refractivity contribution in [3.63, 3.8) is 0 Å². The first kappa shape index (κ1) is 10.9. The Morgan fingerprint density at radius 2 is 2.13 bits per heavy atom. The van der Waals surface area contributed by atoms with E-state index in [4.69, 9.17) is 9.05 Å². The molecule has 1 aromatic rings. The Balaban J connectivity index is 2.46. The second-order valence-corrected chi connectivity index (χ2v) is 5.42. The Kier molecular flexibility index (Phi) is 2.96. The molecule has 1 aliphatic rings. The minimum Gasteiger partial charge on any atom is -0.305 e. The van der Waals surface area contributed by atoms with Crippen molar-refractivity contribution in [2.75, 3.05) is 6.61 Å². The molecule has 0 bridgehead atoms. The van der Waals surface area contributed by atoms with Crippen molar-refractivity contribution in [2.45, 2.75) is 26.4 Å². The van der Waals surface area contributed by atoms with Crippen molar-refractivity contribution in [2.24, 2.45) is 0 Å². The zero-order chi connectivity index (χ0) is 10.9. The molecule has 2 rings (SSSR count). The van der Waals surface area contributed by atoms with E-state index >= 15 is 0 Å². The molecule has 0 spiro atoms. The van der Waals surface area contributed by atoms with Crippen LogP contribution in [-0.2, 0) is 13.6 Å². The van der Waals surface area contributed by atoms with Gasteiger partial charge in [-0.25, -0.2) is 0 Å².